The van der Waals surface area contributed by atoms with Crippen molar-refractivity contribution in [1.29, 1.82) is 5.26 Å². The Kier molecular flexibility index (Phi) is 5.17. The molecule has 1 N–H and O–H groups in total. The van der Waals surface area contributed by atoms with E-state index >= 15 is 0 Å². The Morgan fingerprint density at radius 3 is 2.92 bits per heavy atom. The second kappa shape index (κ2) is 7.33. The molecule has 24 heavy (non-hydrogen) atoms. The van der Waals surface area contributed by atoms with Crippen molar-refractivity contribution in [1.82, 2.24) is 9.80 Å². The lowest BCUT2D eigenvalue weighted by Crippen LogP contribution is -2.43. The van der Waals surface area contributed by atoms with Gasteiger partial charge in [0.25, 0.3) is 0 Å². The number of halogens is 1. The lowest BCUT2D eigenvalue weighted by atomic mass is 9.83. The molecule has 2 aliphatic rings. The maximum Gasteiger partial charge on any atom is 0.137 e. The Balaban J connectivity index is 1.61. The van der Waals surface area contributed by atoms with E-state index in [1.807, 2.05) is 18.2 Å². The number of methoxy groups -OCH3 is 1. The van der Waals surface area contributed by atoms with Crippen LogP contribution in [0.2, 0.25) is 5.02 Å². The van der Waals surface area contributed by atoms with Crippen molar-refractivity contribution in [2.24, 2.45) is 5.92 Å². The molecular weight excluding hydrogens is 326 g/mol. The zero-order valence-corrected chi connectivity index (χ0v) is 14.5. The van der Waals surface area contributed by atoms with Gasteiger partial charge in [0, 0.05) is 25.0 Å². The van der Waals surface area contributed by atoms with Crippen molar-refractivity contribution < 1.29 is 9.84 Å². The minimum atomic E-state index is -0.338. The summed E-state index contributed by atoms with van der Waals surface area (Å²) in [6, 6.07) is 8.35. The Morgan fingerprint density at radius 1 is 1.38 bits per heavy atom. The summed E-state index contributed by atoms with van der Waals surface area (Å²) in [6.07, 6.45) is 5.96. The van der Waals surface area contributed by atoms with Crippen LogP contribution in [0.4, 0.5) is 0 Å². The van der Waals surface area contributed by atoms with Gasteiger partial charge in [-0.2, -0.15) is 5.26 Å². The van der Waals surface area contributed by atoms with Crippen LogP contribution in [0.15, 0.2) is 30.6 Å². The fraction of sp³-hybridized carbons (Fsp3) is 0.500. The zero-order chi connectivity index (χ0) is 17.1. The van der Waals surface area contributed by atoms with Gasteiger partial charge >= 0.3 is 0 Å². The number of aliphatic hydroxyl groups is 1. The molecule has 1 aliphatic carbocycles. The lowest BCUT2D eigenvalue weighted by Gasteiger charge is -2.37. The summed E-state index contributed by atoms with van der Waals surface area (Å²) in [6.45, 7) is 1.51. The second-order valence-corrected chi connectivity index (χ2v) is 6.85. The summed E-state index contributed by atoms with van der Waals surface area (Å²) in [5.41, 5.74) is 1.11. The van der Waals surface area contributed by atoms with Gasteiger partial charge in [0.05, 0.1) is 36.9 Å². The summed E-state index contributed by atoms with van der Waals surface area (Å²) >= 11 is 6.19. The molecule has 0 spiro atoms. The quantitative estimate of drug-likeness (QED) is 0.907. The number of aliphatic hydroxyl groups excluding tert-OH is 1. The van der Waals surface area contributed by atoms with Gasteiger partial charge in [0.15, 0.2) is 0 Å². The van der Waals surface area contributed by atoms with E-state index in [0.717, 1.165) is 31.6 Å². The van der Waals surface area contributed by atoms with Crippen LogP contribution in [0.3, 0.4) is 0 Å². The number of nitrogens with zero attached hydrogens (tertiary/aromatic N) is 3. The zero-order valence-electron chi connectivity index (χ0n) is 13.7. The highest BCUT2D eigenvalue weighted by Crippen LogP contribution is 2.31. The van der Waals surface area contributed by atoms with E-state index in [-0.39, 0.29) is 18.1 Å². The molecule has 5 nitrogen and oxygen atoms in total. The van der Waals surface area contributed by atoms with Gasteiger partial charge in [-0.3, -0.25) is 0 Å². The minimum absolute atomic E-state index is 0.117. The van der Waals surface area contributed by atoms with Crippen LogP contribution in [0.5, 0.6) is 5.75 Å². The number of hydrogen-bond acceptors (Lipinski definition) is 5. The van der Waals surface area contributed by atoms with Crippen LogP contribution in [0, 0.1) is 17.2 Å². The molecule has 3 atom stereocenters. The Bertz CT molecular complexity index is 658. The van der Waals surface area contributed by atoms with Gasteiger partial charge in [-0.1, -0.05) is 17.7 Å². The molecule has 1 unspecified atom stereocenters. The first-order valence-electron chi connectivity index (χ1n) is 8.19. The van der Waals surface area contributed by atoms with E-state index in [0.29, 0.717) is 17.2 Å². The number of ether oxygens (including phenoxy) is 1. The topological polar surface area (TPSA) is 59.7 Å². The van der Waals surface area contributed by atoms with Gasteiger partial charge in [0.2, 0.25) is 0 Å². The number of rotatable bonds is 4. The molecule has 1 fully saturated rings. The molecule has 1 saturated carbocycles. The van der Waals surface area contributed by atoms with Gasteiger partial charge in [-0.15, -0.1) is 0 Å². The first-order valence-corrected chi connectivity index (χ1v) is 8.56. The smallest absolute Gasteiger partial charge is 0.137 e. The monoisotopic (exact) mass is 347 g/mol. The third kappa shape index (κ3) is 3.61. The van der Waals surface area contributed by atoms with Gasteiger partial charge in [0.1, 0.15) is 5.75 Å². The molecule has 0 aromatic heterocycles. The average molecular weight is 348 g/mol. The molecule has 0 saturated heterocycles. The van der Waals surface area contributed by atoms with Crippen molar-refractivity contribution >= 4 is 11.6 Å². The van der Waals surface area contributed by atoms with E-state index in [9.17, 15) is 10.4 Å². The van der Waals surface area contributed by atoms with E-state index in [1.54, 1.807) is 7.11 Å². The number of nitriles is 1. The summed E-state index contributed by atoms with van der Waals surface area (Å²) in [5, 5.41) is 19.7. The molecule has 0 amide bonds. The fourth-order valence-corrected chi connectivity index (χ4v) is 3.79. The first-order chi connectivity index (χ1) is 11.6. The maximum absolute atomic E-state index is 9.77. The highest BCUT2D eigenvalue weighted by atomic mass is 35.5. The highest BCUT2D eigenvalue weighted by molar-refractivity contribution is 6.32. The van der Waals surface area contributed by atoms with E-state index in [2.05, 4.69) is 28.3 Å². The number of benzene rings is 1. The van der Waals surface area contributed by atoms with Crippen LogP contribution in [-0.2, 0) is 6.54 Å². The van der Waals surface area contributed by atoms with Gasteiger partial charge in [-0.25, -0.2) is 0 Å². The SMILES string of the molecule is COc1ccc(CN2C=CN([C@H]3CC[C@H](O)CC3C#N)C2)cc1Cl. The number of hydrogen-bond donors (Lipinski definition) is 1. The van der Waals surface area contributed by atoms with Crippen molar-refractivity contribution in [3.63, 3.8) is 0 Å². The van der Waals surface area contributed by atoms with Gasteiger partial charge < -0.3 is 19.6 Å². The van der Waals surface area contributed by atoms with Crippen LogP contribution in [0.25, 0.3) is 0 Å². The Morgan fingerprint density at radius 2 is 2.21 bits per heavy atom. The summed E-state index contributed by atoms with van der Waals surface area (Å²) in [7, 11) is 1.61. The first kappa shape index (κ1) is 16.9. The predicted octanol–water partition coefficient (Wildman–Crippen LogP) is 2.95. The third-order valence-electron chi connectivity index (χ3n) is 4.79. The largest absolute Gasteiger partial charge is 0.495 e. The van der Waals surface area contributed by atoms with E-state index in [4.69, 9.17) is 16.3 Å². The molecule has 6 heteroatoms. The summed E-state index contributed by atoms with van der Waals surface area (Å²) in [5.74, 6) is 0.561. The van der Waals surface area contributed by atoms with E-state index < -0.39 is 0 Å². The van der Waals surface area contributed by atoms with E-state index in [1.165, 1.54) is 0 Å². The molecule has 0 bridgehead atoms. The molecule has 0 radical (unpaired) electrons. The summed E-state index contributed by atoms with van der Waals surface area (Å²) in [4.78, 5) is 4.41. The Hall–Kier alpha value is -1.90. The van der Waals surface area contributed by atoms with Crippen LogP contribution >= 0.6 is 11.6 Å². The molecule has 1 aliphatic heterocycles. The molecule has 1 heterocycles. The van der Waals surface area contributed by atoms with Crippen LogP contribution in [0.1, 0.15) is 24.8 Å². The average Bonchev–Trinajstić information content (AvgIpc) is 3.03. The minimum Gasteiger partial charge on any atom is -0.495 e. The predicted molar refractivity (Wildman–Crippen MR) is 92.1 cm³/mol. The van der Waals surface area contributed by atoms with Crippen molar-refractivity contribution in [2.45, 2.75) is 38.0 Å². The van der Waals surface area contributed by atoms with Gasteiger partial charge in [-0.05, 0) is 37.0 Å². The standard InChI is InChI=1S/C18H22ClN3O2/c1-24-18-5-2-13(8-16(18)19)11-21-6-7-22(12-21)17-4-3-15(23)9-14(17)10-20/h2,5-8,14-15,17,23H,3-4,9,11-12H2,1H3/t14?,15-,17-/m0/s1. The normalized spacial score (nSPS) is 26.5. The Labute approximate surface area is 147 Å². The maximum atomic E-state index is 9.77. The second-order valence-electron chi connectivity index (χ2n) is 6.44. The summed E-state index contributed by atoms with van der Waals surface area (Å²) < 4.78 is 5.18. The van der Waals surface area contributed by atoms with Crippen molar-refractivity contribution in [3.8, 4) is 11.8 Å². The van der Waals surface area contributed by atoms with Crippen molar-refractivity contribution in [3.05, 3.63) is 41.2 Å². The highest BCUT2D eigenvalue weighted by Gasteiger charge is 2.34. The third-order valence-corrected chi connectivity index (χ3v) is 5.09. The van der Waals surface area contributed by atoms with Crippen LogP contribution < -0.4 is 4.74 Å². The molecular formula is C18H22ClN3O2. The molecule has 3 rings (SSSR count). The lowest BCUT2D eigenvalue weighted by molar-refractivity contribution is 0.0604. The van der Waals surface area contributed by atoms with Crippen LogP contribution in [-0.4, -0.2) is 40.8 Å². The molecule has 1 aromatic rings. The molecule has 1 aromatic carbocycles. The fourth-order valence-electron chi connectivity index (χ4n) is 3.51. The van der Waals surface area contributed by atoms with Crippen molar-refractivity contribution in [2.75, 3.05) is 13.8 Å². The molecule has 128 valence electrons.